The molecule has 0 aliphatic heterocycles. The zero-order valence-corrected chi connectivity index (χ0v) is 13.6. The molecular weight excluding hydrogens is 308 g/mol. The SMILES string of the molecule is O=C(COC(=O)[C@H]1C[C@H]2C=C[C@@H]1C2)COC(=O)[C@@H]1C[C@@H]2C=C[C@H]1C2. The van der Waals surface area contributed by atoms with Gasteiger partial charge in [-0.1, -0.05) is 24.3 Å². The van der Waals surface area contributed by atoms with Gasteiger partial charge in [0.15, 0.2) is 13.2 Å². The van der Waals surface area contributed by atoms with Crippen molar-refractivity contribution in [2.75, 3.05) is 13.2 Å². The molecular formula is C19H22O5. The number of carbonyl (C=O) groups is 3. The Morgan fingerprint density at radius 2 is 1.17 bits per heavy atom. The molecule has 0 radical (unpaired) electrons. The van der Waals surface area contributed by atoms with Gasteiger partial charge in [0, 0.05) is 0 Å². The summed E-state index contributed by atoms with van der Waals surface area (Å²) in [6.07, 6.45) is 12.1. The number of fused-ring (bicyclic) bond motifs is 4. The maximum Gasteiger partial charge on any atom is 0.309 e. The Morgan fingerprint density at radius 1 is 0.708 bits per heavy atom. The second-order valence-corrected chi connectivity index (χ2v) is 7.53. The van der Waals surface area contributed by atoms with Crippen molar-refractivity contribution in [2.45, 2.75) is 25.7 Å². The second-order valence-electron chi connectivity index (χ2n) is 7.53. The zero-order valence-electron chi connectivity index (χ0n) is 13.6. The molecule has 24 heavy (non-hydrogen) atoms. The molecule has 0 amide bonds. The molecule has 128 valence electrons. The summed E-state index contributed by atoms with van der Waals surface area (Å²) in [4.78, 5) is 35.9. The molecule has 0 spiro atoms. The molecule has 6 atom stereocenters. The van der Waals surface area contributed by atoms with Gasteiger partial charge in [-0.25, -0.2) is 0 Å². The number of esters is 2. The Morgan fingerprint density at radius 3 is 1.50 bits per heavy atom. The average molecular weight is 330 g/mol. The monoisotopic (exact) mass is 330 g/mol. The van der Waals surface area contributed by atoms with Crippen molar-refractivity contribution < 1.29 is 23.9 Å². The summed E-state index contributed by atoms with van der Waals surface area (Å²) in [5, 5.41) is 0. The van der Waals surface area contributed by atoms with Gasteiger partial charge in [0.2, 0.25) is 5.78 Å². The van der Waals surface area contributed by atoms with Gasteiger partial charge in [-0.05, 0) is 49.4 Å². The molecule has 4 aliphatic rings. The van der Waals surface area contributed by atoms with Crippen LogP contribution in [0, 0.1) is 35.5 Å². The minimum Gasteiger partial charge on any atom is -0.457 e. The van der Waals surface area contributed by atoms with Crippen molar-refractivity contribution in [3.05, 3.63) is 24.3 Å². The molecule has 4 aliphatic carbocycles. The number of ketones is 1. The maximum absolute atomic E-state index is 12.0. The van der Waals surface area contributed by atoms with E-state index >= 15 is 0 Å². The molecule has 2 fully saturated rings. The lowest BCUT2D eigenvalue weighted by atomic mass is 9.94. The minimum absolute atomic E-state index is 0.115. The number of carbonyl (C=O) groups excluding carboxylic acids is 3. The van der Waals surface area contributed by atoms with E-state index < -0.39 is 0 Å². The first kappa shape index (κ1) is 15.6. The number of Topliss-reactive ketones (excluding diaryl/α,β-unsaturated/α-hetero) is 1. The first-order valence-electron chi connectivity index (χ1n) is 8.82. The molecule has 0 aromatic carbocycles. The summed E-state index contributed by atoms with van der Waals surface area (Å²) < 4.78 is 10.2. The number of hydrogen-bond donors (Lipinski definition) is 0. The van der Waals surface area contributed by atoms with Crippen molar-refractivity contribution in [1.82, 2.24) is 0 Å². The number of hydrogen-bond acceptors (Lipinski definition) is 5. The fraction of sp³-hybridized carbons (Fsp3) is 0.632. The second kappa shape index (κ2) is 6.19. The third-order valence-electron chi connectivity index (χ3n) is 5.91. The van der Waals surface area contributed by atoms with Crippen molar-refractivity contribution in [3.63, 3.8) is 0 Å². The molecule has 0 N–H and O–H groups in total. The summed E-state index contributed by atoms with van der Waals surface area (Å²) in [5.41, 5.74) is 0. The van der Waals surface area contributed by atoms with Gasteiger partial charge in [-0.2, -0.15) is 0 Å². The average Bonchev–Trinajstić information content (AvgIpc) is 3.37. The van der Waals surface area contributed by atoms with E-state index in [-0.39, 0.29) is 54.6 Å². The lowest BCUT2D eigenvalue weighted by Crippen LogP contribution is -2.28. The quantitative estimate of drug-likeness (QED) is 0.551. The van der Waals surface area contributed by atoms with E-state index in [1.165, 1.54) is 0 Å². The van der Waals surface area contributed by atoms with Crippen LogP contribution in [-0.4, -0.2) is 30.9 Å². The van der Waals surface area contributed by atoms with Crippen molar-refractivity contribution in [2.24, 2.45) is 35.5 Å². The Hall–Kier alpha value is -1.91. The third kappa shape index (κ3) is 2.92. The fourth-order valence-corrected chi connectivity index (χ4v) is 4.66. The zero-order chi connectivity index (χ0) is 16.7. The topological polar surface area (TPSA) is 69.7 Å². The highest BCUT2D eigenvalue weighted by molar-refractivity contribution is 5.86. The molecule has 0 unspecified atom stereocenters. The molecule has 4 bridgehead atoms. The van der Waals surface area contributed by atoms with E-state index in [0.29, 0.717) is 11.8 Å². The van der Waals surface area contributed by atoms with E-state index in [9.17, 15) is 14.4 Å². The smallest absolute Gasteiger partial charge is 0.309 e. The van der Waals surface area contributed by atoms with Crippen molar-refractivity contribution >= 4 is 17.7 Å². The molecule has 2 saturated carbocycles. The first-order chi connectivity index (χ1) is 11.6. The van der Waals surface area contributed by atoms with Gasteiger partial charge < -0.3 is 9.47 Å². The summed E-state index contributed by atoms with van der Waals surface area (Å²) in [5.74, 6) is 0.304. The predicted molar refractivity (Wildman–Crippen MR) is 84.6 cm³/mol. The molecule has 0 heterocycles. The van der Waals surface area contributed by atoms with E-state index in [4.69, 9.17) is 9.47 Å². The van der Waals surface area contributed by atoms with Crippen LogP contribution in [-0.2, 0) is 23.9 Å². The standard InChI is InChI=1S/C19H22O5/c20-15(9-23-18(21)16-7-11-1-3-13(16)5-11)10-24-19(22)17-8-12-2-4-14(17)6-12/h1-4,11-14,16-17H,5-10H2/t11-,12+,13+,14-,16-,17+. The van der Waals surface area contributed by atoms with Crippen molar-refractivity contribution in [3.8, 4) is 0 Å². The summed E-state index contributed by atoms with van der Waals surface area (Å²) in [6.45, 7) is -0.610. The van der Waals surface area contributed by atoms with Gasteiger partial charge in [-0.15, -0.1) is 0 Å². The van der Waals surface area contributed by atoms with Crippen LogP contribution in [0.5, 0.6) is 0 Å². The van der Waals surface area contributed by atoms with Crippen LogP contribution in [0.15, 0.2) is 24.3 Å². The van der Waals surface area contributed by atoms with Crippen LogP contribution < -0.4 is 0 Å². The summed E-state index contributed by atoms with van der Waals surface area (Å²) >= 11 is 0. The Bertz CT molecular complexity index is 567. The Kier molecular flexibility index (Phi) is 4.02. The van der Waals surface area contributed by atoms with Gasteiger partial charge in [0.05, 0.1) is 11.8 Å². The highest BCUT2D eigenvalue weighted by Crippen LogP contribution is 2.44. The van der Waals surface area contributed by atoms with Crippen LogP contribution in [0.2, 0.25) is 0 Å². The van der Waals surface area contributed by atoms with Crippen molar-refractivity contribution in [1.29, 1.82) is 0 Å². The normalized spacial score (nSPS) is 37.8. The molecule has 4 rings (SSSR count). The summed E-state index contributed by atoms with van der Waals surface area (Å²) in [7, 11) is 0. The van der Waals surface area contributed by atoms with E-state index in [0.717, 1.165) is 25.7 Å². The van der Waals surface area contributed by atoms with Crippen LogP contribution >= 0.6 is 0 Å². The molecule has 0 saturated heterocycles. The van der Waals surface area contributed by atoms with Crippen LogP contribution in [0.1, 0.15) is 25.7 Å². The molecule has 5 nitrogen and oxygen atoms in total. The van der Waals surface area contributed by atoms with Gasteiger partial charge in [0.25, 0.3) is 0 Å². The van der Waals surface area contributed by atoms with Crippen LogP contribution in [0.3, 0.4) is 0 Å². The van der Waals surface area contributed by atoms with E-state index in [1.807, 2.05) is 0 Å². The summed E-state index contributed by atoms with van der Waals surface area (Å²) in [6, 6.07) is 0. The van der Waals surface area contributed by atoms with Gasteiger partial charge in [0.1, 0.15) is 0 Å². The Labute approximate surface area is 141 Å². The number of rotatable bonds is 6. The highest BCUT2D eigenvalue weighted by Gasteiger charge is 2.42. The lowest BCUT2D eigenvalue weighted by molar-refractivity contribution is -0.157. The fourth-order valence-electron chi connectivity index (χ4n) is 4.66. The van der Waals surface area contributed by atoms with E-state index in [2.05, 4.69) is 24.3 Å². The molecule has 0 aromatic heterocycles. The number of ether oxygens (including phenoxy) is 2. The third-order valence-corrected chi connectivity index (χ3v) is 5.91. The van der Waals surface area contributed by atoms with Gasteiger partial charge in [-0.3, -0.25) is 14.4 Å². The largest absolute Gasteiger partial charge is 0.457 e. The predicted octanol–water partition coefficient (Wildman–Crippen LogP) is 2.07. The van der Waals surface area contributed by atoms with Crippen LogP contribution in [0.25, 0.3) is 0 Å². The maximum atomic E-state index is 12.0. The van der Waals surface area contributed by atoms with E-state index in [1.54, 1.807) is 0 Å². The Balaban J connectivity index is 1.17. The number of allylic oxidation sites excluding steroid dienone is 4. The highest BCUT2D eigenvalue weighted by atomic mass is 16.6. The minimum atomic E-state index is -0.367. The first-order valence-corrected chi connectivity index (χ1v) is 8.82. The lowest BCUT2D eigenvalue weighted by Gasteiger charge is -2.17. The van der Waals surface area contributed by atoms with Gasteiger partial charge >= 0.3 is 11.9 Å². The van der Waals surface area contributed by atoms with Crippen LogP contribution in [0.4, 0.5) is 0 Å². The molecule has 5 heteroatoms. The molecule has 0 aromatic rings.